The number of likely N-dealkylation sites (tertiary alicyclic amines) is 1. The first-order chi connectivity index (χ1) is 6.76. The first kappa shape index (κ1) is 11.9. The molecule has 1 aliphatic rings. The maximum Gasteiger partial charge on any atom is 0.295 e. The molecule has 0 aromatic heterocycles. The number of hydrogen-bond donors (Lipinski definition) is 0. The van der Waals surface area contributed by atoms with Crippen molar-refractivity contribution >= 4 is 0 Å². The molecule has 0 unspecified atom stereocenters. The summed E-state index contributed by atoms with van der Waals surface area (Å²) in [5.74, 6) is -0.892. The van der Waals surface area contributed by atoms with Crippen molar-refractivity contribution in [2.75, 3.05) is 41.0 Å². The van der Waals surface area contributed by atoms with Crippen LogP contribution in [0, 0.1) is 0 Å². The van der Waals surface area contributed by atoms with Crippen LogP contribution in [-0.4, -0.2) is 51.8 Å². The van der Waals surface area contributed by atoms with E-state index < -0.39 is 5.97 Å². The molecule has 0 aromatic rings. The Morgan fingerprint density at radius 1 is 0.929 bits per heavy atom. The zero-order valence-electron chi connectivity index (χ0n) is 9.41. The third-order valence-electron chi connectivity index (χ3n) is 2.80. The van der Waals surface area contributed by atoms with E-state index in [9.17, 15) is 0 Å². The van der Waals surface area contributed by atoms with E-state index in [1.54, 1.807) is 21.3 Å². The highest BCUT2D eigenvalue weighted by Gasteiger charge is 2.32. The Morgan fingerprint density at radius 3 is 1.86 bits per heavy atom. The quantitative estimate of drug-likeness (QED) is 0.625. The van der Waals surface area contributed by atoms with Gasteiger partial charge in [0.2, 0.25) is 0 Å². The largest absolute Gasteiger partial charge is 0.330 e. The van der Waals surface area contributed by atoms with Gasteiger partial charge in [-0.05, 0) is 25.9 Å². The molecule has 0 saturated carbocycles. The second-order valence-electron chi connectivity index (χ2n) is 3.63. The van der Waals surface area contributed by atoms with Crippen LogP contribution < -0.4 is 0 Å². The van der Waals surface area contributed by atoms with Crippen molar-refractivity contribution in [1.29, 1.82) is 0 Å². The standard InChI is InChI=1S/C10H21NO3/c1-12-10(13-2,14-3)9-11-7-5-4-6-8-11/h4-9H2,1-3H3. The summed E-state index contributed by atoms with van der Waals surface area (Å²) in [5, 5.41) is 0. The second-order valence-corrected chi connectivity index (χ2v) is 3.63. The fraction of sp³-hybridized carbons (Fsp3) is 1.00. The molecule has 0 aliphatic carbocycles. The second kappa shape index (κ2) is 5.66. The maximum atomic E-state index is 5.25. The average molecular weight is 203 g/mol. The van der Waals surface area contributed by atoms with Gasteiger partial charge in [-0.2, -0.15) is 0 Å². The lowest BCUT2D eigenvalue weighted by molar-refractivity contribution is -0.356. The molecule has 0 bridgehead atoms. The third kappa shape index (κ3) is 2.92. The van der Waals surface area contributed by atoms with Gasteiger partial charge in [-0.3, -0.25) is 4.90 Å². The molecule has 0 aromatic carbocycles. The normalized spacial score (nSPS) is 19.9. The van der Waals surface area contributed by atoms with E-state index in [0.717, 1.165) is 13.1 Å². The summed E-state index contributed by atoms with van der Waals surface area (Å²) >= 11 is 0. The molecule has 84 valence electrons. The van der Waals surface area contributed by atoms with Gasteiger partial charge in [0.05, 0.1) is 6.54 Å². The molecule has 1 saturated heterocycles. The molecule has 1 heterocycles. The van der Waals surface area contributed by atoms with Crippen molar-refractivity contribution in [3.63, 3.8) is 0 Å². The fourth-order valence-corrected chi connectivity index (χ4v) is 1.84. The maximum absolute atomic E-state index is 5.25. The van der Waals surface area contributed by atoms with E-state index in [1.807, 2.05) is 0 Å². The minimum Gasteiger partial charge on any atom is -0.330 e. The Bertz CT molecular complexity index is 145. The van der Waals surface area contributed by atoms with Gasteiger partial charge >= 0.3 is 0 Å². The van der Waals surface area contributed by atoms with Gasteiger partial charge in [0.25, 0.3) is 5.97 Å². The van der Waals surface area contributed by atoms with E-state index in [0.29, 0.717) is 6.54 Å². The van der Waals surface area contributed by atoms with E-state index >= 15 is 0 Å². The summed E-state index contributed by atoms with van der Waals surface area (Å²) in [6.07, 6.45) is 3.84. The molecule has 1 rings (SSSR count). The molecular formula is C10H21NO3. The molecule has 1 fully saturated rings. The van der Waals surface area contributed by atoms with Crippen LogP contribution in [0.3, 0.4) is 0 Å². The van der Waals surface area contributed by atoms with Crippen LogP contribution in [0.5, 0.6) is 0 Å². The highest BCUT2D eigenvalue weighted by molar-refractivity contribution is 4.69. The molecular weight excluding hydrogens is 182 g/mol. The molecule has 0 amide bonds. The lowest BCUT2D eigenvalue weighted by atomic mass is 10.1. The number of hydrogen-bond acceptors (Lipinski definition) is 4. The van der Waals surface area contributed by atoms with Crippen LogP contribution in [0.2, 0.25) is 0 Å². The molecule has 4 heteroatoms. The highest BCUT2D eigenvalue weighted by atomic mass is 16.9. The molecule has 1 aliphatic heterocycles. The van der Waals surface area contributed by atoms with Gasteiger partial charge in [-0.15, -0.1) is 0 Å². The summed E-state index contributed by atoms with van der Waals surface area (Å²) in [6, 6.07) is 0. The highest BCUT2D eigenvalue weighted by Crippen LogP contribution is 2.17. The van der Waals surface area contributed by atoms with Gasteiger partial charge in [-0.25, -0.2) is 0 Å². The average Bonchev–Trinajstić information content (AvgIpc) is 2.28. The topological polar surface area (TPSA) is 30.9 Å². The summed E-state index contributed by atoms with van der Waals surface area (Å²) in [4.78, 5) is 2.32. The van der Waals surface area contributed by atoms with Crippen molar-refractivity contribution in [2.45, 2.75) is 25.2 Å². The third-order valence-corrected chi connectivity index (χ3v) is 2.80. The van der Waals surface area contributed by atoms with Gasteiger partial charge in [0, 0.05) is 21.3 Å². The van der Waals surface area contributed by atoms with Gasteiger partial charge in [-0.1, -0.05) is 6.42 Å². The number of rotatable bonds is 5. The molecule has 0 radical (unpaired) electrons. The predicted octanol–water partition coefficient (Wildman–Crippen LogP) is 1.07. The van der Waals surface area contributed by atoms with Gasteiger partial charge < -0.3 is 14.2 Å². The first-order valence-electron chi connectivity index (χ1n) is 5.14. The smallest absolute Gasteiger partial charge is 0.295 e. The fourth-order valence-electron chi connectivity index (χ4n) is 1.84. The lowest BCUT2D eigenvalue weighted by Gasteiger charge is -2.35. The minimum atomic E-state index is -0.892. The first-order valence-corrected chi connectivity index (χ1v) is 5.14. The zero-order valence-corrected chi connectivity index (χ0v) is 9.41. The summed E-state index contributed by atoms with van der Waals surface area (Å²) < 4.78 is 15.8. The Morgan fingerprint density at radius 2 is 1.43 bits per heavy atom. The van der Waals surface area contributed by atoms with Crippen LogP contribution in [0.1, 0.15) is 19.3 Å². The van der Waals surface area contributed by atoms with E-state index in [2.05, 4.69) is 4.90 Å². The molecule has 0 N–H and O–H groups in total. The van der Waals surface area contributed by atoms with Gasteiger partial charge in [0.15, 0.2) is 0 Å². The van der Waals surface area contributed by atoms with E-state index in [-0.39, 0.29) is 0 Å². The molecule has 14 heavy (non-hydrogen) atoms. The Hall–Kier alpha value is -0.160. The van der Waals surface area contributed by atoms with Crippen LogP contribution in [-0.2, 0) is 14.2 Å². The van der Waals surface area contributed by atoms with Crippen LogP contribution in [0.25, 0.3) is 0 Å². The van der Waals surface area contributed by atoms with E-state index in [4.69, 9.17) is 14.2 Å². The molecule has 4 nitrogen and oxygen atoms in total. The number of piperidine rings is 1. The Kier molecular flexibility index (Phi) is 4.81. The zero-order chi connectivity index (χ0) is 10.4. The van der Waals surface area contributed by atoms with Crippen LogP contribution in [0.15, 0.2) is 0 Å². The van der Waals surface area contributed by atoms with Crippen LogP contribution in [0.4, 0.5) is 0 Å². The molecule has 0 spiro atoms. The number of methoxy groups -OCH3 is 3. The van der Waals surface area contributed by atoms with E-state index in [1.165, 1.54) is 19.3 Å². The minimum absolute atomic E-state index is 0.677. The predicted molar refractivity (Wildman–Crippen MR) is 54.0 cm³/mol. The molecule has 0 atom stereocenters. The van der Waals surface area contributed by atoms with Crippen LogP contribution >= 0.6 is 0 Å². The Balaban J connectivity index is 2.44. The monoisotopic (exact) mass is 203 g/mol. The number of nitrogens with zero attached hydrogens (tertiary/aromatic N) is 1. The lowest BCUT2D eigenvalue weighted by Crippen LogP contribution is -2.48. The Labute approximate surface area is 86.1 Å². The summed E-state index contributed by atoms with van der Waals surface area (Å²) in [7, 11) is 4.82. The van der Waals surface area contributed by atoms with Crippen molar-refractivity contribution in [3.8, 4) is 0 Å². The van der Waals surface area contributed by atoms with Crippen molar-refractivity contribution in [2.24, 2.45) is 0 Å². The SMILES string of the molecule is COC(CN1CCCCC1)(OC)OC. The van der Waals surface area contributed by atoms with Crippen molar-refractivity contribution in [1.82, 2.24) is 4.90 Å². The number of ether oxygens (including phenoxy) is 3. The van der Waals surface area contributed by atoms with Gasteiger partial charge in [0.1, 0.15) is 0 Å². The summed E-state index contributed by atoms with van der Waals surface area (Å²) in [6.45, 7) is 2.90. The van der Waals surface area contributed by atoms with Crippen molar-refractivity contribution < 1.29 is 14.2 Å². The summed E-state index contributed by atoms with van der Waals surface area (Å²) in [5.41, 5.74) is 0. The van der Waals surface area contributed by atoms with Crippen molar-refractivity contribution in [3.05, 3.63) is 0 Å².